The summed E-state index contributed by atoms with van der Waals surface area (Å²) >= 11 is 6.55. The molecule has 1 amide bonds. The first kappa shape index (κ1) is 36.1. The predicted molar refractivity (Wildman–Crippen MR) is 149 cm³/mol. The van der Waals surface area contributed by atoms with E-state index in [1.54, 1.807) is 13.8 Å². The number of carbonyl (C=O) groups excluding carboxylic acids is 2. The minimum atomic E-state index is -4.51. The second-order valence-corrected chi connectivity index (χ2v) is 11.7. The molecule has 0 unspecified atom stereocenters. The van der Waals surface area contributed by atoms with Crippen LogP contribution in [0.4, 0.5) is 22.0 Å². The third-order valence-electron chi connectivity index (χ3n) is 7.31. The van der Waals surface area contributed by atoms with Crippen LogP contribution in [0.3, 0.4) is 0 Å². The number of ketones is 1. The van der Waals surface area contributed by atoms with Gasteiger partial charge < -0.3 is 10.1 Å². The van der Waals surface area contributed by atoms with E-state index in [4.69, 9.17) is 24.8 Å². The molecule has 1 fully saturated rings. The third kappa shape index (κ3) is 9.98. The Kier molecular flexibility index (Phi) is 12.7. The molecule has 0 atom stereocenters. The highest BCUT2D eigenvalue weighted by molar-refractivity contribution is 7.60. The Labute approximate surface area is 252 Å². The van der Waals surface area contributed by atoms with E-state index in [0.717, 1.165) is 45.6 Å². The van der Waals surface area contributed by atoms with Gasteiger partial charge in [-0.3, -0.25) is 14.3 Å². The molecule has 3 rings (SSSR count). The van der Waals surface area contributed by atoms with Crippen LogP contribution in [-0.2, 0) is 28.3 Å². The number of hydrogen-bond acceptors (Lipinski definition) is 7. The number of nitrogens with zero attached hydrogens (tertiary/aromatic N) is 2. The molecule has 1 heterocycles. The maximum atomic E-state index is 13.4. The number of hydrogen-bond donors (Lipinski definition) is 2. The summed E-state index contributed by atoms with van der Waals surface area (Å²) in [6, 6.07) is 3.88. The maximum absolute atomic E-state index is 13.4. The monoisotopic (exact) mass is 656 g/mol. The number of benzene rings is 1. The van der Waals surface area contributed by atoms with Crippen molar-refractivity contribution in [2.45, 2.75) is 79.1 Å². The van der Waals surface area contributed by atoms with Crippen LogP contribution >= 0.6 is 11.6 Å². The fraction of sp³-hybridized carbons (Fsp3) is 0.593. The van der Waals surface area contributed by atoms with E-state index >= 15 is 0 Å². The third-order valence-corrected chi connectivity index (χ3v) is 7.67. The number of nitrogens with one attached hydrogen (secondary N) is 2. The Morgan fingerprint density at radius 1 is 1.19 bits per heavy atom. The van der Waals surface area contributed by atoms with Crippen molar-refractivity contribution in [3.05, 3.63) is 34.5 Å². The molecule has 1 saturated carbocycles. The summed E-state index contributed by atoms with van der Waals surface area (Å²) in [6.07, 6.45) is -1.81. The minimum absolute atomic E-state index is 0.0600. The number of rotatable bonds is 10. The first-order valence-corrected chi connectivity index (χ1v) is 14.8. The second-order valence-electron chi connectivity index (χ2n) is 10.9. The van der Waals surface area contributed by atoms with Crippen molar-refractivity contribution in [1.29, 1.82) is 4.78 Å². The van der Waals surface area contributed by atoms with Crippen LogP contribution in [0.15, 0.2) is 18.2 Å². The van der Waals surface area contributed by atoms with Crippen LogP contribution in [0.5, 0.6) is 5.75 Å². The van der Waals surface area contributed by atoms with Gasteiger partial charge in [-0.25, -0.2) is 0 Å². The lowest BCUT2D eigenvalue weighted by Gasteiger charge is -2.28. The molecule has 1 aromatic carbocycles. The molecule has 16 heteroatoms. The van der Waals surface area contributed by atoms with Gasteiger partial charge in [-0.05, 0) is 69.6 Å². The first-order valence-electron chi connectivity index (χ1n) is 13.4. The summed E-state index contributed by atoms with van der Waals surface area (Å²) in [6.45, 7) is 2.72. The van der Waals surface area contributed by atoms with Crippen molar-refractivity contribution in [2.24, 2.45) is 17.3 Å². The van der Waals surface area contributed by atoms with E-state index in [9.17, 15) is 31.5 Å². The van der Waals surface area contributed by atoms with Crippen LogP contribution in [0, 0.1) is 22.0 Å². The number of carbonyl (C=O) groups is 2. The lowest BCUT2D eigenvalue weighted by atomic mass is 9.80. The molecule has 0 spiro atoms. The number of aromatic nitrogens is 2. The van der Waals surface area contributed by atoms with Crippen molar-refractivity contribution in [2.75, 3.05) is 6.54 Å². The molecule has 2 aromatic rings. The van der Waals surface area contributed by atoms with Crippen LogP contribution < -0.4 is 10.1 Å². The van der Waals surface area contributed by atoms with Gasteiger partial charge in [0.2, 0.25) is 0 Å². The summed E-state index contributed by atoms with van der Waals surface area (Å²) in [5.74, 6) is -0.470. The van der Waals surface area contributed by atoms with Crippen molar-refractivity contribution in [3.63, 3.8) is 0 Å². The molecule has 2 N–H and O–H groups in total. The first-order chi connectivity index (χ1) is 19.9. The quantitative estimate of drug-likeness (QED) is 0.273. The van der Waals surface area contributed by atoms with Crippen molar-refractivity contribution in [3.8, 4) is 17.0 Å². The molecule has 9 nitrogen and oxygen atoms in total. The number of ether oxygens (including phenoxy) is 1. The molecule has 0 aliphatic heterocycles. The lowest BCUT2D eigenvalue weighted by molar-refractivity contribution is -0.211. The molecule has 0 saturated heterocycles. The highest BCUT2D eigenvalue weighted by atomic mass is 35.5. The van der Waals surface area contributed by atoms with E-state index in [1.807, 2.05) is 0 Å². The highest BCUT2D eigenvalue weighted by Crippen LogP contribution is 2.43. The van der Waals surface area contributed by atoms with E-state index in [-0.39, 0.29) is 57.5 Å². The Morgan fingerprint density at radius 2 is 1.77 bits per heavy atom. The summed E-state index contributed by atoms with van der Waals surface area (Å²) in [7, 11) is -2.61. The van der Waals surface area contributed by atoms with Crippen LogP contribution in [0.2, 0.25) is 5.02 Å². The average molecular weight is 657 g/mol. The molecule has 43 heavy (non-hydrogen) atoms. The smallest absolute Gasteiger partial charge is 0.394 e. The second kappa shape index (κ2) is 15.1. The fourth-order valence-electron chi connectivity index (χ4n) is 4.84. The van der Waals surface area contributed by atoms with Crippen LogP contribution in [0.1, 0.15) is 69.4 Å². The van der Waals surface area contributed by atoms with Gasteiger partial charge in [-0.1, -0.05) is 31.5 Å². The molecule has 240 valence electrons. The molecule has 1 aliphatic rings. The predicted octanol–water partition coefficient (Wildman–Crippen LogP) is 6.71. The molecule has 0 radical (unpaired) electrons. The Morgan fingerprint density at radius 3 is 2.26 bits per heavy atom. The number of aryl methyl sites for hydroxylation is 1. The van der Waals surface area contributed by atoms with Gasteiger partial charge in [0.15, 0.2) is 5.69 Å². The molecule has 0 bridgehead atoms. The van der Waals surface area contributed by atoms with Gasteiger partial charge in [-0.15, -0.1) is 0 Å². The average Bonchev–Trinajstić information content (AvgIpc) is 3.22. The topological polar surface area (TPSA) is 131 Å². The molecule has 1 aliphatic carbocycles. The molecular weight excluding hydrogens is 623 g/mol. The van der Waals surface area contributed by atoms with Gasteiger partial charge >= 0.3 is 23.3 Å². The van der Waals surface area contributed by atoms with Crippen LogP contribution in [0.25, 0.3) is 11.3 Å². The molecule has 1 aromatic heterocycles. The number of amides is 1. The highest BCUT2D eigenvalue weighted by Gasteiger charge is 2.47. The van der Waals surface area contributed by atoms with E-state index in [0.29, 0.717) is 6.54 Å². The number of halogens is 6. The van der Waals surface area contributed by atoms with Crippen LogP contribution in [-0.4, -0.2) is 49.2 Å². The SMILES string of the molecule is CCn1nc(C(=O)NCC2CCC(C(C)=O)CC2)c(Cl)c1-c1ccc(CC(C)(C)C(F)(F)F)cc1OC(F)F.N=S(=O)=O. The van der Waals surface area contributed by atoms with Gasteiger partial charge in [0, 0.05) is 24.6 Å². The summed E-state index contributed by atoms with van der Waals surface area (Å²) in [5.41, 5.74) is -1.84. The number of Topliss-reactive ketones (excluding diaryl/α,β-unsaturated/α-hetero) is 1. The Bertz CT molecular complexity index is 1400. The van der Waals surface area contributed by atoms with Gasteiger partial charge in [0.25, 0.3) is 5.91 Å². The lowest BCUT2D eigenvalue weighted by Crippen LogP contribution is -2.34. The van der Waals surface area contributed by atoms with E-state index in [2.05, 4.69) is 15.2 Å². The zero-order valence-electron chi connectivity index (χ0n) is 24.0. The molecular formula is C27H34ClF5N4O5S. The normalized spacial score (nSPS) is 17.2. The fourth-order valence-corrected chi connectivity index (χ4v) is 5.16. The van der Waals surface area contributed by atoms with Crippen molar-refractivity contribution >= 4 is 33.8 Å². The zero-order chi connectivity index (χ0) is 32.7. The minimum Gasteiger partial charge on any atom is -0.434 e. The summed E-state index contributed by atoms with van der Waals surface area (Å²) in [4.78, 5) is 24.6. The maximum Gasteiger partial charge on any atom is 0.394 e. The van der Waals surface area contributed by atoms with Gasteiger partial charge in [-0.2, -0.15) is 40.2 Å². The van der Waals surface area contributed by atoms with Crippen molar-refractivity contribution < 1.29 is 44.7 Å². The van der Waals surface area contributed by atoms with E-state index in [1.165, 1.54) is 16.8 Å². The zero-order valence-corrected chi connectivity index (χ0v) is 25.6. The Balaban J connectivity index is 0.00000151. The van der Waals surface area contributed by atoms with Crippen molar-refractivity contribution in [1.82, 2.24) is 15.1 Å². The van der Waals surface area contributed by atoms with E-state index < -0.39 is 41.0 Å². The Hall–Kier alpha value is -3.07. The van der Waals surface area contributed by atoms with Gasteiger partial charge in [0.05, 0.1) is 16.1 Å². The summed E-state index contributed by atoms with van der Waals surface area (Å²) in [5, 5.41) is 7.01. The standard InChI is InChI=1S/C27H33ClF5N3O3.HNO2S/c1-5-36-23(19-11-8-17(12-20(19)39-25(29)30)13-26(3,4)27(31,32)33)21(28)22(35-36)24(38)34-14-16-6-9-18(10-7-16)15(2)37;1-4(2)3/h8,11-12,16,18,25H,5-7,9-10,13-14H2,1-4H3,(H,34,38);1H. The largest absolute Gasteiger partial charge is 0.434 e. The van der Waals surface area contributed by atoms with Gasteiger partial charge in [0.1, 0.15) is 11.5 Å². The number of alkyl halides is 5. The summed E-state index contributed by atoms with van der Waals surface area (Å²) < 4.78 is 95.7.